The minimum atomic E-state index is -0.762. The molecular weight excluding hydrogens is 308 g/mol. The van der Waals surface area contributed by atoms with E-state index in [0.717, 1.165) is 5.56 Å². The monoisotopic (exact) mass is 326 g/mol. The van der Waals surface area contributed by atoms with E-state index in [2.05, 4.69) is 15.8 Å². The second-order valence-corrected chi connectivity index (χ2v) is 4.97. The first-order chi connectivity index (χ1) is 11.5. The molecule has 7 nitrogen and oxygen atoms in total. The van der Waals surface area contributed by atoms with Crippen molar-refractivity contribution < 1.29 is 14.3 Å². The predicted octanol–water partition coefficient (Wildman–Crippen LogP) is 2.01. The van der Waals surface area contributed by atoms with Crippen molar-refractivity contribution in [2.75, 3.05) is 11.9 Å². The lowest BCUT2D eigenvalue weighted by Gasteiger charge is -2.09. The predicted molar refractivity (Wildman–Crippen MR) is 92.1 cm³/mol. The molecule has 0 saturated heterocycles. The van der Waals surface area contributed by atoms with Gasteiger partial charge in [0.2, 0.25) is 0 Å². The standard InChI is InChI=1S/C17H18N4O3/c1-12-6-8-14(9-7-12)20-16(22)11-24-15-5-3-2-4-13(15)10-19-21-17(18)23/h2-10H,11H2,1H3,(H,20,22)(H3,18,21,23)/b19-10+. The zero-order chi connectivity index (χ0) is 17.4. The highest BCUT2D eigenvalue weighted by Gasteiger charge is 2.06. The number of carbonyl (C=O) groups excluding carboxylic acids is 2. The Hall–Kier alpha value is -3.35. The number of anilines is 1. The Morgan fingerprint density at radius 1 is 1.17 bits per heavy atom. The number of nitrogens with zero attached hydrogens (tertiary/aromatic N) is 1. The van der Waals surface area contributed by atoms with Crippen LogP contribution in [0, 0.1) is 6.92 Å². The number of hydrogen-bond acceptors (Lipinski definition) is 4. The Kier molecular flexibility index (Phi) is 5.90. The lowest BCUT2D eigenvalue weighted by Crippen LogP contribution is -2.24. The molecule has 0 aliphatic heterocycles. The number of ether oxygens (including phenoxy) is 1. The molecule has 124 valence electrons. The number of nitrogens with two attached hydrogens (primary N) is 1. The van der Waals surface area contributed by atoms with Gasteiger partial charge >= 0.3 is 6.03 Å². The van der Waals surface area contributed by atoms with Crippen molar-refractivity contribution in [3.63, 3.8) is 0 Å². The topological polar surface area (TPSA) is 106 Å². The fraction of sp³-hybridized carbons (Fsp3) is 0.118. The van der Waals surface area contributed by atoms with E-state index >= 15 is 0 Å². The summed E-state index contributed by atoms with van der Waals surface area (Å²) in [6.45, 7) is 1.82. The number of nitrogens with one attached hydrogen (secondary N) is 2. The van der Waals surface area contributed by atoms with Crippen LogP contribution in [0.1, 0.15) is 11.1 Å². The summed E-state index contributed by atoms with van der Waals surface area (Å²) in [6, 6.07) is 13.7. The van der Waals surface area contributed by atoms with E-state index in [0.29, 0.717) is 17.0 Å². The first-order valence-electron chi connectivity index (χ1n) is 7.21. The molecule has 2 aromatic rings. The van der Waals surface area contributed by atoms with Gasteiger partial charge < -0.3 is 15.8 Å². The first-order valence-corrected chi connectivity index (χ1v) is 7.21. The SMILES string of the molecule is Cc1ccc(NC(=O)COc2ccccc2/C=N/NC(N)=O)cc1. The number of urea groups is 1. The number of para-hydroxylation sites is 1. The molecule has 0 aromatic heterocycles. The zero-order valence-corrected chi connectivity index (χ0v) is 13.2. The molecule has 2 aromatic carbocycles. The summed E-state index contributed by atoms with van der Waals surface area (Å²) in [5.41, 5.74) is 9.45. The lowest BCUT2D eigenvalue weighted by molar-refractivity contribution is -0.118. The van der Waals surface area contributed by atoms with Crippen LogP contribution in [0.5, 0.6) is 5.75 Å². The minimum Gasteiger partial charge on any atom is -0.483 e. The number of hydrazone groups is 1. The average Bonchev–Trinajstić information content (AvgIpc) is 2.56. The van der Waals surface area contributed by atoms with Gasteiger partial charge in [-0.25, -0.2) is 10.2 Å². The molecule has 0 aliphatic rings. The van der Waals surface area contributed by atoms with Crippen molar-refractivity contribution in [3.05, 3.63) is 59.7 Å². The Morgan fingerprint density at radius 3 is 2.58 bits per heavy atom. The molecule has 0 atom stereocenters. The molecule has 0 bridgehead atoms. The van der Waals surface area contributed by atoms with Gasteiger partial charge in [0, 0.05) is 11.3 Å². The van der Waals surface area contributed by atoms with E-state index in [1.165, 1.54) is 6.21 Å². The maximum absolute atomic E-state index is 11.9. The molecule has 2 rings (SSSR count). The van der Waals surface area contributed by atoms with Crippen molar-refractivity contribution in [2.45, 2.75) is 6.92 Å². The average molecular weight is 326 g/mol. The molecule has 4 N–H and O–H groups in total. The molecule has 0 heterocycles. The maximum Gasteiger partial charge on any atom is 0.332 e. The second-order valence-electron chi connectivity index (χ2n) is 4.97. The first kappa shape index (κ1) is 17.0. The summed E-state index contributed by atoms with van der Waals surface area (Å²) < 4.78 is 5.51. The summed E-state index contributed by atoms with van der Waals surface area (Å²) in [5.74, 6) is 0.187. The quantitative estimate of drug-likeness (QED) is 0.558. The van der Waals surface area contributed by atoms with Crippen LogP contribution in [-0.2, 0) is 4.79 Å². The van der Waals surface area contributed by atoms with Crippen LogP contribution in [-0.4, -0.2) is 24.8 Å². The highest BCUT2D eigenvalue weighted by atomic mass is 16.5. The Bertz CT molecular complexity index is 742. The third-order valence-corrected chi connectivity index (χ3v) is 2.99. The number of primary amides is 1. The molecule has 0 unspecified atom stereocenters. The van der Waals surface area contributed by atoms with Gasteiger partial charge in [-0.15, -0.1) is 0 Å². The molecule has 24 heavy (non-hydrogen) atoms. The van der Waals surface area contributed by atoms with Crippen molar-refractivity contribution >= 4 is 23.8 Å². The van der Waals surface area contributed by atoms with Crippen LogP contribution in [0.2, 0.25) is 0 Å². The summed E-state index contributed by atoms with van der Waals surface area (Å²) in [7, 11) is 0. The molecule has 0 aliphatic carbocycles. The van der Waals surface area contributed by atoms with E-state index < -0.39 is 6.03 Å². The smallest absolute Gasteiger partial charge is 0.332 e. The van der Waals surface area contributed by atoms with Crippen LogP contribution in [0.4, 0.5) is 10.5 Å². The van der Waals surface area contributed by atoms with Crippen molar-refractivity contribution in [1.82, 2.24) is 5.43 Å². The van der Waals surface area contributed by atoms with Crippen molar-refractivity contribution in [3.8, 4) is 5.75 Å². The summed E-state index contributed by atoms with van der Waals surface area (Å²) in [4.78, 5) is 22.5. The van der Waals surface area contributed by atoms with Crippen molar-refractivity contribution in [2.24, 2.45) is 10.8 Å². The number of benzene rings is 2. The van der Waals surface area contributed by atoms with E-state index in [4.69, 9.17) is 10.5 Å². The molecule has 7 heteroatoms. The van der Waals surface area contributed by atoms with Gasteiger partial charge in [-0.05, 0) is 31.2 Å². The minimum absolute atomic E-state index is 0.151. The molecule has 0 radical (unpaired) electrons. The Morgan fingerprint density at radius 2 is 1.88 bits per heavy atom. The van der Waals surface area contributed by atoms with Gasteiger partial charge in [0.15, 0.2) is 6.61 Å². The van der Waals surface area contributed by atoms with Crippen LogP contribution >= 0.6 is 0 Å². The summed E-state index contributed by atoms with van der Waals surface area (Å²) in [5, 5.41) is 6.42. The summed E-state index contributed by atoms with van der Waals surface area (Å²) >= 11 is 0. The lowest BCUT2D eigenvalue weighted by atomic mass is 10.2. The van der Waals surface area contributed by atoms with Crippen LogP contribution in [0.3, 0.4) is 0 Å². The normalized spacial score (nSPS) is 10.4. The van der Waals surface area contributed by atoms with Gasteiger partial charge in [-0.2, -0.15) is 5.10 Å². The van der Waals surface area contributed by atoms with Gasteiger partial charge in [0.05, 0.1) is 6.21 Å². The Balaban J connectivity index is 1.93. The highest BCUT2D eigenvalue weighted by molar-refractivity contribution is 5.92. The number of hydrogen-bond donors (Lipinski definition) is 3. The van der Waals surface area contributed by atoms with Crippen LogP contribution in [0.15, 0.2) is 53.6 Å². The number of aryl methyl sites for hydroxylation is 1. The third kappa shape index (κ3) is 5.45. The van der Waals surface area contributed by atoms with Gasteiger partial charge in [-0.1, -0.05) is 29.8 Å². The largest absolute Gasteiger partial charge is 0.483 e. The fourth-order valence-electron chi connectivity index (χ4n) is 1.86. The third-order valence-electron chi connectivity index (χ3n) is 2.99. The van der Waals surface area contributed by atoms with Gasteiger partial charge in [0.1, 0.15) is 5.75 Å². The van der Waals surface area contributed by atoms with Gasteiger partial charge in [-0.3, -0.25) is 4.79 Å². The highest BCUT2D eigenvalue weighted by Crippen LogP contribution is 2.16. The van der Waals surface area contributed by atoms with E-state index in [9.17, 15) is 9.59 Å². The zero-order valence-electron chi connectivity index (χ0n) is 13.2. The van der Waals surface area contributed by atoms with E-state index in [-0.39, 0.29) is 12.5 Å². The molecular formula is C17H18N4O3. The fourth-order valence-corrected chi connectivity index (χ4v) is 1.86. The molecule has 0 saturated carbocycles. The van der Waals surface area contributed by atoms with Crippen LogP contribution in [0.25, 0.3) is 0 Å². The maximum atomic E-state index is 11.9. The number of rotatable bonds is 6. The molecule has 0 fully saturated rings. The Labute approximate surface area is 139 Å². The van der Waals surface area contributed by atoms with E-state index in [1.54, 1.807) is 24.3 Å². The molecule has 3 amide bonds. The van der Waals surface area contributed by atoms with Crippen molar-refractivity contribution in [1.29, 1.82) is 0 Å². The van der Waals surface area contributed by atoms with Gasteiger partial charge in [0.25, 0.3) is 5.91 Å². The second kappa shape index (κ2) is 8.33. The number of amides is 3. The number of carbonyl (C=O) groups is 2. The summed E-state index contributed by atoms with van der Waals surface area (Å²) in [6.07, 6.45) is 1.39. The van der Waals surface area contributed by atoms with Crippen LogP contribution < -0.4 is 21.2 Å². The molecule has 0 spiro atoms. The van der Waals surface area contributed by atoms with E-state index in [1.807, 2.05) is 31.2 Å².